The molecule has 0 spiro atoms. The highest BCUT2D eigenvalue weighted by Gasteiger charge is 2.13. The van der Waals surface area contributed by atoms with Crippen LogP contribution in [0.2, 0.25) is 0 Å². The van der Waals surface area contributed by atoms with E-state index in [1.54, 1.807) is 7.11 Å². The van der Waals surface area contributed by atoms with Crippen molar-refractivity contribution in [3.63, 3.8) is 0 Å². The van der Waals surface area contributed by atoms with Crippen molar-refractivity contribution in [1.29, 1.82) is 0 Å². The Bertz CT molecular complexity index is 327. The van der Waals surface area contributed by atoms with Gasteiger partial charge in [-0.25, -0.2) is 0 Å². The maximum atomic E-state index is 5.78. The number of ether oxygens (including phenoxy) is 2. The summed E-state index contributed by atoms with van der Waals surface area (Å²) >= 11 is 0. The molecule has 0 radical (unpaired) electrons. The predicted molar refractivity (Wildman–Crippen MR) is 75.9 cm³/mol. The zero-order valence-electron chi connectivity index (χ0n) is 12.3. The summed E-state index contributed by atoms with van der Waals surface area (Å²) < 4.78 is 11.1. The first-order chi connectivity index (χ1) is 8.52. The first-order valence-corrected chi connectivity index (χ1v) is 6.81. The van der Waals surface area contributed by atoms with Gasteiger partial charge in [-0.15, -0.1) is 0 Å². The molecular formula is C16H26O2. The summed E-state index contributed by atoms with van der Waals surface area (Å²) in [6, 6.07) is 8.35. The highest BCUT2D eigenvalue weighted by atomic mass is 16.7. The van der Waals surface area contributed by atoms with E-state index in [-0.39, 0.29) is 6.29 Å². The van der Waals surface area contributed by atoms with Gasteiger partial charge in [0.25, 0.3) is 0 Å². The van der Waals surface area contributed by atoms with Crippen molar-refractivity contribution in [3.8, 4) is 5.75 Å². The minimum absolute atomic E-state index is 0.175. The van der Waals surface area contributed by atoms with Gasteiger partial charge in [-0.3, -0.25) is 0 Å². The first-order valence-electron chi connectivity index (χ1n) is 6.81. The zero-order chi connectivity index (χ0) is 13.5. The van der Waals surface area contributed by atoms with Crippen molar-refractivity contribution in [2.75, 3.05) is 7.11 Å². The smallest absolute Gasteiger partial charge is 0.201 e. The molecule has 0 fully saturated rings. The van der Waals surface area contributed by atoms with Crippen LogP contribution in [0, 0.1) is 11.8 Å². The van der Waals surface area contributed by atoms with Crippen LogP contribution in [0.25, 0.3) is 0 Å². The van der Waals surface area contributed by atoms with Crippen LogP contribution in [-0.4, -0.2) is 13.4 Å². The minimum Gasteiger partial charge on any atom is -0.465 e. The molecule has 0 amide bonds. The third-order valence-corrected chi connectivity index (χ3v) is 2.96. The normalized spacial score (nSPS) is 13.1. The van der Waals surface area contributed by atoms with Gasteiger partial charge < -0.3 is 9.47 Å². The number of methoxy groups -OCH3 is 1. The molecule has 0 aliphatic rings. The van der Waals surface area contributed by atoms with Gasteiger partial charge in [-0.05, 0) is 36.5 Å². The van der Waals surface area contributed by atoms with Gasteiger partial charge in [-0.1, -0.05) is 39.8 Å². The topological polar surface area (TPSA) is 18.5 Å². The van der Waals surface area contributed by atoms with Gasteiger partial charge in [-0.2, -0.15) is 0 Å². The van der Waals surface area contributed by atoms with Crippen LogP contribution in [0.4, 0.5) is 0 Å². The lowest BCUT2D eigenvalue weighted by Gasteiger charge is -2.20. The molecule has 0 heterocycles. The van der Waals surface area contributed by atoms with E-state index in [1.807, 2.05) is 12.1 Å². The Labute approximate surface area is 111 Å². The summed E-state index contributed by atoms with van der Waals surface area (Å²) in [5.74, 6) is 1.97. The van der Waals surface area contributed by atoms with Gasteiger partial charge >= 0.3 is 0 Å². The molecule has 0 saturated carbocycles. The zero-order valence-corrected chi connectivity index (χ0v) is 12.3. The largest absolute Gasteiger partial charge is 0.465 e. The van der Waals surface area contributed by atoms with E-state index in [0.29, 0.717) is 5.92 Å². The number of aryl methyl sites for hydroxylation is 1. The van der Waals surface area contributed by atoms with E-state index in [1.165, 1.54) is 12.0 Å². The number of hydrogen-bond donors (Lipinski definition) is 0. The SMILES string of the molecule is COC(Oc1ccc(CCC(C)C)cc1)C(C)C. The maximum absolute atomic E-state index is 5.78. The Morgan fingerprint density at radius 2 is 1.61 bits per heavy atom. The monoisotopic (exact) mass is 250 g/mol. The fourth-order valence-electron chi connectivity index (χ4n) is 1.78. The average Bonchev–Trinajstić information content (AvgIpc) is 2.34. The molecule has 1 aromatic carbocycles. The molecule has 2 nitrogen and oxygen atoms in total. The van der Waals surface area contributed by atoms with Crippen LogP contribution in [0.15, 0.2) is 24.3 Å². The Morgan fingerprint density at radius 1 is 1.00 bits per heavy atom. The third-order valence-electron chi connectivity index (χ3n) is 2.96. The van der Waals surface area contributed by atoms with Crippen molar-refractivity contribution in [2.24, 2.45) is 11.8 Å². The van der Waals surface area contributed by atoms with E-state index >= 15 is 0 Å². The van der Waals surface area contributed by atoms with Gasteiger partial charge in [0.15, 0.2) is 0 Å². The number of rotatable bonds is 7. The van der Waals surface area contributed by atoms with Crippen LogP contribution in [0.1, 0.15) is 39.7 Å². The molecule has 1 aromatic rings. The summed E-state index contributed by atoms with van der Waals surface area (Å²) in [6.45, 7) is 8.68. The lowest BCUT2D eigenvalue weighted by atomic mass is 10.0. The molecule has 0 aliphatic heterocycles. The molecule has 18 heavy (non-hydrogen) atoms. The van der Waals surface area contributed by atoms with E-state index in [4.69, 9.17) is 9.47 Å². The molecule has 0 saturated heterocycles. The van der Waals surface area contributed by atoms with Gasteiger partial charge in [0.2, 0.25) is 6.29 Å². The summed E-state index contributed by atoms with van der Waals surface area (Å²) in [4.78, 5) is 0. The molecule has 1 unspecified atom stereocenters. The van der Waals surface area contributed by atoms with Crippen molar-refractivity contribution < 1.29 is 9.47 Å². The van der Waals surface area contributed by atoms with Crippen molar-refractivity contribution in [1.82, 2.24) is 0 Å². The molecule has 102 valence electrons. The van der Waals surface area contributed by atoms with Gasteiger partial charge in [0, 0.05) is 13.0 Å². The number of benzene rings is 1. The quantitative estimate of drug-likeness (QED) is 0.672. The standard InChI is InChI=1S/C16H26O2/c1-12(2)6-7-14-8-10-15(11-9-14)18-16(17-5)13(3)4/h8-13,16H,6-7H2,1-5H3. The van der Waals surface area contributed by atoms with Crippen molar-refractivity contribution in [2.45, 2.75) is 46.8 Å². The molecule has 0 aliphatic carbocycles. The fraction of sp³-hybridized carbons (Fsp3) is 0.625. The summed E-state index contributed by atoms with van der Waals surface area (Å²) in [5.41, 5.74) is 1.37. The van der Waals surface area contributed by atoms with Crippen LogP contribution >= 0.6 is 0 Å². The Morgan fingerprint density at radius 3 is 2.06 bits per heavy atom. The van der Waals surface area contributed by atoms with Crippen LogP contribution < -0.4 is 4.74 Å². The van der Waals surface area contributed by atoms with E-state index in [2.05, 4.69) is 39.8 Å². The van der Waals surface area contributed by atoms with Crippen LogP contribution in [0.5, 0.6) is 5.75 Å². The number of hydrogen-bond acceptors (Lipinski definition) is 2. The van der Waals surface area contributed by atoms with Gasteiger partial charge in [0.1, 0.15) is 5.75 Å². The Hall–Kier alpha value is -1.02. The summed E-state index contributed by atoms with van der Waals surface area (Å²) in [5, 5.41) is 0. The first kappa shape index (κ1) is 15.0. The second kappa shape index (κ2) is 7.42. The summed E-state index contributed by atoms with van der Waals surface area (Å²) in [6.07, 6.45) is 2.19. The molecule has 2 heteroatoms. The van der Waals surface area contributed by atoms with E-state index < -0.39 is 0 Å². The van der Waals surface area contributed by atoms with Crippen LogP contribution in [0.3, 0.4) is 0 Å². The molecule has 1 atom stereocenters. The van der Waals surface area contributed by atoms with Crippen molar-refractivity contribution in [3.05, 3.63) is 29.8 Å². The molecular weight excluding hydrogens is 224 g/mol. The average molecular weight is 250 g/mol. The highest BCUT2D eigenvalue weighted by Crippen LogP contribution is 2.18. The lowest BCUT2D eigenvalue weighted by molar-refractivity contribution is -0.0833. The maximum Gasteiger partial charge on any atom is 0.201 e. The molecule has 0 aromatic heterocycles. The lowest BCUT2D eigenvalue weighted by Crippen LogP contribution is -2.24. The predicted octanol–water partition coefficient (Wildman–Crippen LogP) is 4.28. The molecule has 1 rings (SSSR count). The van der Waals surface area contributed by atoms with E-state index in [9.17, 15) is 0 Å². The van der Waals surface area contributed by atoms with Crippen molar-refractivity contribution >= 4 is 0 Å². The Kier molecular flexibility index (Phi) is 6.20. The minimum atomic E-state index is -0.175. The highest BCUT2D eigenvalue weighted by molar-refractivity contribution is 5.27. The molecule has 0 bridgehead atoms. The molecule has 0 N–H and O–H groups in total. The fourth-order valence-corrected chi connectivity index (χ4v) is 1.78. The second-order valence-electron chi connectivity index (χ2n) is 5.54. The third kappa shape index (κ3) is 5.09. The van der Waals surface area contributed by atoms with Crippen LogP contribution in [-0.2, 0) is 11.2 Å². The summed E-state index contributed by atoms with van der Waals surface area (Å²) in [7, 11) is 1.68. The Balaban J connectivity index is 2.54. The van der Waals surface area contributed by atoms with Gasteiger partial charge in [0.05, 0.1) is 0 Å². The van der Waals surface area contributed by atoms with E-state index in [0.717, 1.165) is 18.1 Å². The second-order valence-corrected chi connectivity index (χ2v) is 5.54.